The average Bonchev–Trinajstić information content (AvgIpc) is 3.20. The largest absolute Gasteiger partial charge is 0.295 e. The standard InChI is InChI=1S/C29H28FN3O2S/c30-25-6-2-4-22-21(3-1-5-23(22)25)19-11-13-32(14-12-19)16-18-7-8-20-17-33(29(36)24(20)15-18)26-9-10-27(34)31-28(26)35/h1-8,11,15,26,29,36H,9-10,12-14,16-17H2,(H,31,34,35). The molecule has 3 aliphatic rings. The fourth-order valence-electron chi connectivity index (χ4n) is 5.78. The van der Waals surface area contributed by atoms with E-state index >= 15 is 0 Å². The van der Waals surface area contributed by atoms with Gasteiger partial charge in [0.2, 0.25) is 11.8 Å². The number of carbonyl (C=O) groups excluding carboxylic acids is 2. The number of halogens is 1. The van der Waals surface area contributed by atoms with Crippen molar-refractivity contribution in [1.29, 1.82) is 0 Å². The van der Waals surface area contributed by atoms with Crippen molar-refractivity contribution in [3.63, 3.8) is 0 Å². The van der Waals surface area contributed by atoms with E-state index in [4.69, 9.17) is 12.6 Å². The summed E-state index contributed by atoms with van der Waals surface area (Å²) in [5.74, 6) is -0.594. The molecule has 1 saturated heterocycles. The summed E-state index contributed by atoms with van der Waals surface area (Å²) < 4.78 is 14.3. The van der Waals surface area contributed by atoms with Crippen LogP contribution in [0.3, 0.4) is 0 Å². The molecule has 2 unspecified atom stereocenters. The van der Waals surface area contributed by atoms with Crippen LogP contribution in [0, 0.1) is 5.82 Å². The molecule has 0 aliphatic carbocycles. The molecule has 0 radical (unpaired) electrons. The van der Waals surface area contributed by atoms with Gasteiger partial charge in [-0.15, -0.1) is 0 Å². The molecule has 0 spiro atoms. The maximum Gasteiger partial charge on any atom is 0.243 e. The molecule has 1 fully saturated rings. The van der Waals surface area contributed by atoms with Crippen LogP contribution in [-0.4, -0.2) is 40.7 Å². The van der Waals surface area contributed by atoms with Crippen LogP contribution in [0.4, 0.5) is 4.39 Å². The third kappa shape index (κ3) is 4.25. The van der Waals surface area contributed by atoms with E-state index in [1.165, 1.54) is 22.8 Å². The number of fused-ring (bicyclic) bond motifs is 2. The number of nitrogens with one attached hydrogen (secondary N) is 1. The third-order valence-electron chi connectivity index (χ3n) is 7.68. The van der Waals surface area contributed by atoms with Crippen molar-refractivity contribution in [2.75, 3.05) is 13.1 Å². The first-order valence-corrected chi connectivity index (χ1v) is 13.0. The van der Waals surface area contributed by atoms with Gasteiger partial charge in [-0.1, -0.05) is 54.6 Å². The highest BCUT2D eigenvalue weighted by atomic mass is 32.1. The van der Waals surface area contributed by atoms with E-state index in [0.717, 1.165) is 42.6 Å². The second-order valence-corrected chi connectivity index (χ2v) is 10.4. The fraction of sp³-hybridized carbons (Fsp3) is 0.310. The van der Waals surface area contributed by atoms with Gasteiger partial charge >= 0.3 is 0 Å². The van der Waals surface area contributed by atoms with Gasteiger partial charge in [-0.05, 0) is 52.1 Å². The van der Waals surface area contributed by atoms with Crippen LogP contribution in [0.2, 0.25) is 0 Å². The lowest BCUT2D eigenvalue weighted by atomic mass is 9.94. The van der Waals surface area contributed by atoms with Crippen molar-refractivity contribution in [3.8, 4) is 0 Å². The molecule has 6 rings (SSSR count). The second-order valence-electron chi connectivity index (χ2n) is 9.90. The van der Waals surface area contributed by atoms with Crippen molar-refractivity contribution < 1.29 is 14.0 Å². The van der Waals surface area contributed by atoms with Crippen LogP contribution in [0.25, 0.3) is 16.3 Å². The van der Waals surface area contributed by atoms with Gasteiger partial charge in [-0.3, -0.25) is 24.7 Å². The number of piperidine rings is 1. The molecule has 3 aromatic rings. The highest BCUT2D eigenvalue weighted by Crippen LogP contribution is 2.40. The molecular formula is C29H28FN3O2S. The van der Waals surface area contributed by atoms with Crippen molar-refractivity contribution in [3.05, 3.63) is 88.7 Å². The van der Waals surface area contributed by atoms with E-state index in [1.807, 2.05) is 18.2 Å². The van der Waals surface area contributed by atoms with E-state index in [-0.39, 0.29) is 29.0 Å². The predicted octanol–water partition coefficient (Wildman–Crippen LogP) is 4.82. The molecule has 36 heavy (non-hydrogen) atoms. The van der Waals surface area contributed by atoms with Gasteiger partial charge < -0.3 is 0 Å². The number of amides is 2. The summed E-state index contributed by atoms with van der Waals surface area (Å²) in [5.41, 5.74) is 5.95. The summed E-state index contributed by atoms with van der Waals surface area (Å²) in [7, 11) is 0. The summed E-state index contributed by atoms with van der Waals surface area (Å²) in [6.45, 7) is 3.27. The number of rotatable bonds is 4. The minimum atomic E-state index is -0.325. The lowest BCUT2D eigenvalue weighted by Gasteiger charge is -2.32. The van der Waals surface area contributed by atoms with Crippen LogP contribution in [0.5, 0.6) is 0 Å². The van der Waals surface area contributed by atoms with Crippen LogP contribution in [-0.2, 0) is 22.7 Å². The number of nitrogens with zero attached hydrogens (tertiary/aromatic N) is 2. The maximum atomic E-state index is 14.3. The third-order valence-corrected chi connectivity index (χ3v) is 8.26. The Hall–Kier alpha value is -3.00. The molecule has 3 aliphatic heterocycles. The molecule has 0 aromatic heterocycles. The Morgan fingerprint density at radius 2 is 1.86 bits per heavy atom. The Balaban J connectivity index is 1.15. The fourth-order valence-corrected chi connectivity index (χ4v) is 6.26. The van der Waals surface area contributed by atoms with Gasteiger partial charge in [0.25, 0.3) is 0 Å². The summed E-state index contributed by atoms with van der Waals surface area (Å²) >= 11 is 4.85. The van der Waals surface area contributed by atoms with Crippen LogP contribution < -0.4 is 5.32 Å². The lowest BCUT2D eigenvalue weighted by Crippen LogP contribution is -2.51. The molecule has 1 N–H and O–H groups in total. The zero-order valence-corrected chi connectivity index (χ0v) is 20.8. The van der Waals surface area contributed by atoms with E-state index in [1.54, 1.807) is 6.07 Å². The molecule has 0 bridgehead atoms. The number of imide groups is 1. The minimum Gasteiger partial charge on any atom is -0.295 e. The van der Waals surface area contributed by atoms with Crippen molar-refractivity contribution in [1.82, 2.24) is 15.1 Å². The zero-order chi connectivity index (χ0) is 24.8. The molecule has 2 atom stereocenters. The number of hydrogen-bond acceptors (Lipinski definition) is 5. The van der Waals surface area contributed by atoms with E-state index in [2.05, 4.69) is 45.5 Å². The molecule has 7 heteroatoms. The molecular weight excluding hydrogens is 473 g/mol. The van der Waals surface area contributed by atoms with Gasteiger partial charge in [0.05, 0.1) is 11.4 Å². The molecule has 3 heterocycles. The zero-order valence-electron chi connectivity index (χ0n) is 19.9. The van der Waals surface area contributed by atoms with Gasteiger partial charge in [0.15, 0.2) is 0 Å². The van der Waals surface area contributed by atoms with Crippen LogP contribution >= 0.6 is 12.6 Å². The highest BCUT2D eigenvalue weighted by Gasteiger charge is 2.39. The van der Waals surface area contributed by atoms with Crippen molar-refractivity contribution in [2.24, 2.45) is 0 Å². The molecule has 2 amide bonds. The SMILES string of the molecule is O=C1CCC(N2Cc3ccc(CN4CC=C(c5cccc6c(F)cccc56)CC4)cc3C2S)C(=O)N1. The van der Waals surface area contributed by atoms with E-state index in [9.17, 15) is 14.0 Å². The van der Waals surface area contributed by atoms with Gasteiger partial charge in [-0.25, -0.2) is 4.39 Å². The summed E-state index contributed by atoms with van der Waals surface area (Å²) in [5, 5.41) is 3.94. The second kappa shape index (κ2) is 9.47. The first kappa shape index (κ1) is 23.4. The van der Waals surface area contributed by atoms with Crippen molar-refractivity contribution in [2.45, 2.75) is 43.8 Å². The minimum absolute atomic E-state index is 0.163. The number of thiol groups is 1. The number of hydrogen-bond donors (Lipinski definition) is 2. The number of benzene rings is 3. The van der Waals surface area contributed by atoms with Crippen LogP contribution in [0.1, 0.15) is 46.9 Å². The number of carbonyl (C=O) groups is 2. The van der Waals surface area contributed by atoms with Gasteiger partial charge in [0.1, 0.15) is 5.82 Å². The Labute approximate surface area is 215 Å². The van der Waals surface area contributed by atoms with Gasteiger partial charge in [-0.2, -0.15) is 12.6 Å². The Morgan fingerprint density at radius 1 is 1.03 bits per heavy atom. The predicted molar refractivity (Wildman–Crippen MR) is 142 cm³/mol. The topological polar surface area (TPSA) is 52.7 Å². The normalized spacial score (nSPS) is 23.0. The summed E-state index contributed by atoms with van der Waals surface area (Å²) in [6.07, 6.45) is 4.09. The first-order valence-electron chi connectivity index (χ1n) is 12.5. The molecule has 5 nitrogen and oxygen atoms in total. The van der Waals surface area contributed by atoms with Gasteiger partial charge in [0, 0.05) is 38.0 Å². The monoisotopic (exact) mass is 501 g/mol. The summed E-state index contributed by atoms with van der Waals surface area (Å²) in [6, 6.07) is 17.4. The lowest BCUT2D eigenvalue weighted by molar-refractivity contribution is -0.137. The Morgan fingerprint density at radius 3 is 2.67 bits per heavy atom. The Kier molecular flexibility index (Phi) is 6.15. The quantitative estimate of drug-likeness (QED) is 0.398. The molecule has 184 valence electrons. The maximum absolute atomic E-state index is 14.3. The molecule has 0 saturated carbocycles. The molecule has 3 aromatic carbocycles. The van der Waals surface area contributed by atoms with Crippen molar-refractivity contribution >= 4 is 40.8 Å². The van der Waals surface area contributed by atoms with E-state index < -0.39 is 0 Å². The summed E-state index contributed by atoms with van der Waals surface area (Å²) in [4.78, 5) is 28.4. The average molecular weight is 502 g/mol. The first-order chi connectivity index (χ1) is 17.5. The Bertz CT molecular complexity index is 1400. The van der Waals surface area contributed by atoms with Crippen LogP contribution in [0.15, 0.2) is 60.7 Å². The smallest absolute Gasteiger partial charge is 0.243 e. The highest BCUT2D eigenvalue weighted by molar-refractivity contribution is 7.80. The van der Waals surface area contributed by atoms with E-state index in [0.29, 0.717) is 24.8 Å².